The van der Waals surface area contributed by atoms with Gasteiger partial charge in [-0.25, -0.2) is 21.0 Å². The van der Waals surface area contributed by atoms with Gasteiger partial charge in [-0.05, 0) is 31.2 Å². The third kappa shape index (κ3) is 1.23. The Balaban J connectivity index is 1.74. The number of hydrogen-bond donors (Lipinski definition) is 5. The average molecular weight is 278 g/mol. The molecule has 5 rings (SSSR count). The van der Waals surface area contributed by atoms with Gasteiger partial charge in [0.15, 0.2) is 0 Å². The molecule has 1 fully saturated rings. The van der Waals surface area contributed by atoms with E-state index in [4.69, 9.17) is 0 Å². The summed E-state index contributed by atoms with van der Waals surface area (Å²) in [5.41, 5.74) is 18.2. The summed E-state index contributed by atoms with van der Waals surface area (Å²) >= 11 is 1.88. The normalized spacial score (nSPS) is 27.4. The minimum atomic E-state index is 0.102. The highest BCUT2D eigenvalue weighted by Gasteiger charge is 2.45. The zero-order chi connectivity index (χ0) is 12.4. The molecule has 0 spiro atoms. The van der Waals surface area contributed by atoms with Crippen molar-refractivity contribution in [3.05, 3.63) is 16.0 Å². The van der Waals surface area contributed by atoms with Gasteiger partial charge in [-0.15, -0.1) is 22.0 Å². The predicted molar refractivity (Wildman–Crippen MR) is 71.1 cm³/mol. The molecule has 100 valence electrons. The van der Waals surface area contributed by atoms with Crippen molar-refractivity contribution in [1.82, 2.24) is 32.6 Å². The Morgan fingerprint density at radius 1 is 1.21 bits per heavy atom. The molecule has 0 bridgehead atoms. The number of aryl methyl sites for hydroxylation is 1. The molecule has 1 aliphatic carbocycles. The highest BCUT2D eigenvalue weighted by molar-refractivity contribution is 7.16. The first-order valence-corrected chi connectivity index (χ1v) is 7.33. The van der Waals surface area contributed by atoms with Crippen LogP contribution in [0.3, 0.4) is 0 Å². The average Bonchev–Trinajstić information content (AvgIpc) is 3.14. The van der Waals surface area contributed by atoms with Crippen LogP contribution in [0, 0.1) is 0 Å². The standard InChI is InChI=1S/C10H14N8S/c1-2-4-6-5(3-1)7-8-11-13-15-17(8)10-12-14-16-18(10)9(7)19-6/h8,11,13-16H,1-4H2. The number of hydrogen-bond acceptors (Lipinski definition) is 9. The molecule has 1 aromatic rings. The van der Waals surface area contributed by atoms with E-state index in [1.54, 1.807) is 0 Å². The highest BCUT2D eigenvalue weighted by Crippen LogP contribution is 2.46. The van der Waals surface area contributed by atoms with Crippen molar-refractivity contribution in [2.75, 3.05) is 5.01 Å². The minimum Gasteiger partial charge on any atom is -0.237 e. The monoisotopic (exact) mass is 278 g/mol. The maximum atomic E-state index is 4.28. The second kappa shape index (κ2) is 3.58. The lowest BCUT2D eigenvalue weighted by atomic mass is 9.94. The van der Waals surface area contributed by atoms with E-state index in [1.807, 2.05) is 21.4 Å². The first-order valence-electron chi connectivity index (χ1n) is 6.52. The Labute approximate surface area is 113 Å². The van der Waals surface area contributed by atoms with Gasteiger partial charge in [0.05, 0.1) is 0 Å². The second-order valence-corrected chi connectivity index (χ2v) is 6.14. The zero-order valence-corrected chi connectivity index (χ0v) is 11.0. The van der Waals surface area contributed by atoms with Crippen LogP contribution in [0.4, 0.5) is 5.00 Å². The summed E-state index contributed by atoms with van der Waals surface area (Å²) in [6.07, 6.45) is 5.08. The molecule has 5 N–H and O–H groups in total. The van der Waals surface area contributed by atoms with E-state index in [1.165, 1.54) is 46.7 Å². The third-order valence-corrected chi connectivity index (χ3v) is 5.34. The molecule has 0 radical (unpaired) electrons. The van der Waals surface area contributed by atoms with Crippen molar-refractivity contribution < 1.29 is 0 Å². The van der Waals surface area contributed by atoms with Crippen LogP contribution < -0.4 is 32.6 Å². The number of hydrazone groups is 1. The van der Waals surface area contributed by atoms with Gasteiger partial charge >= 0.3 is 0 Å². The van der Waals surface area contributed by atoms with E-state index in [0.29, 0.717) is 0 Å². The lowest BCUT2D eigenvalue weighted by Gasteiger charge is -2.34. The Morgan fingerprint density at radius 3 is 3.16 bits per heavy atom. The van der Waals surface area contributed by atoms with Gasteiger partial charge in [0.25, 0.3) is 5.96 Å². The Morgan fingerprint density at radius 2 is 2.16 bits per heavy atom. The SMILES string of the molecule is C1CCc2c(sc3c2C2NNNN2C2=NNNN23)C1. The molecule has 1 saturated heterocycles. The van der Waals surface area contributed by atoms with Crippen LogP contribution in [0.25, 0.3) is 0 Å². The molecule has 1 unspecified atom stereocenters. The third-order valence-electron chi connectivity index (χ3n) is 4.05. The second-order valence-electron chi connectivity index (χ2n) is 5.05. The largest absolute Gasteiger partial charge is 0.259 e. The molecule has 1 atom stereocenters. The van der Waals surface area contributed by atoms with Crippen LogP contribution in [-0.2, 0) is 12.8 Å². The molecular weight excluding hydrogens is 264 g/mol. The maximum Gasteiger partial charge on any atom is 0.259 e. The number of nitrogens with zero attached hydrogens (tertiary/aromatic N) is 3. The Hall–Kier alpha value is -1.39. The van der Waals surface area contributed by atoms with Crippen molar-refractivity contribution in [2.45, 2.75) is 31.8 Å². The summed E-state index contributed by atoms with van der Waals surface area (Å²) in [5.74, 6) is 0.827. The van der Waals surface area contributed by atoms with E-state index in [9.17, 15) is 0 Å². The molecule has 0 aromatic carbocycles. The van der Waals surface area contributed by atoms with Crippen molar-refractivity contribution in [3.63, 3.8) is 0 Å². The number of fused-ring (bicyclic) bond motifs is 8. The lowest BCUT2D eigenvalue weighted by Crippen LogP contribution is -2.55. The van der Waals surface area contributed by atoms with E-state index < -0.39 is 0 Å². The van der Waals surface area contributed by atoms with Gasteiger partial charge in [0.1, 0.15) is 11.2 Å². The van der Waals surface area contributed by atoms with Gasteiger partial charge in [-0.3, -0.25) is 0 Å². The Bertz CT molecular complexity index is 580. The fourth-order valence-electron chi connectivity index (χ4n) is 3.21. The fraction of sp³-hybridized carbons (Fsp3) is 0.500. The zero-order valence-electron chi connectivity index (χ0n) is 10.2. The van der Waals surface area contributed by atoms with Gasteiger partial charge in [-0.2, -0.15) is 11.1 Å². The van der Waals surface area contributed by atoms with Crippen LogP contribution in [0.2, 0.25) is 0 Å². The molecule has 1 aromatic heterocycles. The van der Waals surface area contributed by atoms with E-state index in [2.05, 4.69) is 32.7 Å². The number of hydrazine groups is 5. The van der Waals surface area contributed by atoms with Gasteiger partial charge in [0.2, 0.25) is 0 Å². The van der Waals surface area contributed by atoms with E-state index >= 15 is 0 Å². The number of anilines is 1. The molecule has 4 aliphatic rings. The fourth-order valence-corrected chi connectivity index (χ4v) is 4.59. The summed E-state index contributed by atoms with van der Waals surface area (Å²) in [6, 6.07) is 0. The van der Waals surface area contributed by atoms with Crippen LogP contribution in [0.15, 0.2) is 5.10 Å². The summed E-state index contributed by atoms with van der Waals surface area (Å²) < 4.78 is 0. The summed E-state index contributed by atoms with van der Waals surface area (Å²) in [6.45, 7) is 0. The maximum absolute atomic E-state index is 4.28. The molecule has 0 amide bonds. The summed E-state index contributed by atoms with van der Waals surface area (Å²) in [7, 11) is 0. The molecule has 4 heterocycles. The smallest absolute Gasteiger partial charge is 0.237 e. The number of rotatable bonds is 0. The van der Waals surface area contributed by atoms with Crippen LogP contribution in [0.5, 0.6) is 0 Å². The molecule has 19 heavy (non-hydrogen) atoms. The number of guanidine groups is 1. The molecule has 9 heteroatoms. The predicted octanol–water partition coefficient (Wildman–Crippen LogP) is -0.431. The van der Waals surface area contributed by atoms with Crippen LogP contribution in [-0.4, -0.2) is 11.0 Å². The summed E-state index contributed by atoms with van der Waals surface area (Å²) in [4.78, 5) is 1.53. The Kier molecular flexibility index (Phi) is 1.96. The summed E-state index contributed by atoms with van der Waals surface area (Å²) in [5, 5.41) is 9.53. The molecule has 8 nitrogen and oxygen atoms in total. The molecule has 3 aliphatic heterocycles. The minimum absolute atomic E-state index is 0.102. The van der Waals surface area contributed by atoms with Gasteiger partial charge < -0.3 is 0 Å². The van der Waals surface area contributed by atoms with E-state index in [-0.39, 0.29) is 6.17 Å². The number of nitrogens with one attached hydrogen (secondary N) is 5. The quantitative estimate of drug-likeness (QED) is 0.441. The van der Waals surface area contributed by atoms with Crippen molar-refractivity contribution in [1.29, 1.82) is 0 Å². The molecular formula is C10H14N8S. The lowest BCUT2D eigenvalue weighted by molar-refractivity contribution is 0.287. The van der Waals surface area contributed by atoms with Crippen molar-refractivity contribution in [3.8, 4) is 0 Å². The van der Waals surface area contributed by atoms with Crippen LogP contribution >= 0.6 is 11.3 Å². The van der Waals surface area contributed by atoms with Crippen molar-refractivity contribution in [2.24, 2.45) is 5.10 Å². The van der Waals surface area contributed by atoms with Crippen molar-refractivity contribution >= 4 is 22.3 Å². The topological polar surface area (TPSA) is 79.0 Å². The van der Waals surface area contributed by atoms with Gasteiger partial charge in [-0.1, -0.05) is 0 Å². The first kappa shape index (κ1) is 10.4. The van der Waals surface area contributed by atoms with Gasteiger partial charge in [0, 0.05) is 10.4 Å². The number of thiophene rings is 1. The first-order chi connectivity index (χ1) is 9.43. The molecule has 0 saturated carbocycles. The highest BCUT2D eigenvalue weighted by atomic mass is 32.1. The van der Waals surface area contributed by atoms with Crippen LogP contribution in [0.1, 0.15) is 35.0 Å². The van der Waals surface area contributed by atoms with E-state index in [0.717, 1.165) is 5.96 Å².